The molecule has 0 bridgehead atoms. The Labute approximate surface area is 228 Å². The second-order valence-electron chi connectivity index (χ2n) is 9.61. The normalized spacial score (nSPS) is 17.9. The molecule has 1 saturated heterocycles. The van der Waals surface area contributed by atoms with Gasteiger partial charge in [-0.3, -0.25) is 15.0 Å². The third kappa shape index (κ3) is 4.78. The van der Waals surface area contributed by atoms with Crippen LogP contribution in [0.15, 0.2) is 94.2 Å². The number of amides is 1. The minimum atomic E-state index is -0.347. The van der Waals surface area contributed by atoms with Crippen molar-refractivity contribution in [2.24, 2.45) is 0 Å². The molecule has 192 valence electrons. The molecule has 1 aromatic heterocycles. The van der Waals surface area contributed by atoms with Gasteiger partial charge in [0, 0.05) is 20.9 Å². The summed E-state index contributed by atoms with van der Waals surface area (Å²) in [6.45, 7) is 3.27. The van der Waals surface area contributed by atoms with Gasteiger partial charge >= 0.3 is 0 Å². The molecule has 8 heteroatoms. The Kier molecular flexibility index (Phi) is 6.84. The van der Waals surface area contributed by atoms with E-state index < -0.39 is 0 Å². The number of nitrogens with one attached hydrogen (secondary N) is 3. The van der Waals surface area contributed by atoms with Crippen LogP contribution in [0.5, 0.6) is 0 Å². The summed E-state index contributed by atoms with van der Waals surface area (Å²) in [6, 6.07) is 25.3. The first-order valence-corrected chi connectivity index (χ1v) is 13.6. The Hall–Kier alpha value is -3.72. The number of morpholine rings is 1. The molecule has 3 aromatic carbocycles. The topological polar surface area (TPSA) is 78.9 Å². The zero-order valence-electron chi connectivity index (χ0n) is 20.7. The second-order valence-corrected chi connectivity index (χ2v) is 10.5. The lowest BCUT2D eigenvalue weighted by Gasteiger charge is -2.29. The largest absolute Gasteiger partial charge is 0.370 e. The smallest absolute Gasteiger partial charge is 0.296 e. The number of halogens is 1. The Balaban J connectivity index is 1.48. The number of carbonyl (C=O) groups excluding carboxylic acids is 1. The minimum Gasteiger partial charge on any atom is -0.370 e. The number of H-pyrrole nitrogens is 1. The molecule has 0 radical (unpaired) electrons. The maximum absolute atomic E-state index is 13.7. The van der Waals surface area contributed by atoms with Crippen LogP contribution in [0.4, 0.5) is 0 Å². The van der Waals surface area contributed by atoms with Crippen molar-refractivity contribution >= 4 is 38.4 Å². The van der Waals surface area contributed by atoms with E-state index in [2.05, 4.69) is 26.3 Å². The van der Waals surface area contributed by atoms with E-state index in [0.29, 0.717) is 31.0 Å². The van der Waals surface area contributed by atoms with E-state index in [1.54, 1.807) is 5.01 Å². The first-order chi connectivity index (χ1) is 18.6. The van der Waals surface area contributed by atoms with Crippen LogP contribution in [0.1, 0.15) is 17.2 Å². The number of ether oxygens (including phenoxy) is 1. The summed E-state index contributed by atoms with van der Waals surface area (Å²) >= 11 is 3.60. The Morgan fingerprint density at radius 3 is 2.42 bits per heavy atom. The van der Waals surface area contributed by atoms with Crippen LogP contribution in [0.3, 0.4) is 0 Å². The number of aromatic amines is 1. The molecule has 6 rings (SSSR count). The molecule has 0 aliphatic carbocycles. The van der Waals surface area contributed by atoms with E-state index in [1.807, 2.05) is 84.9 Å². The van der Waals surface area contributed by atoms with Crippen molar-refractivity contribution in [2.45, 2.75) is 6.04 Å². The van der Waals surface area contributed by atoms with E-state index in [4.69, 9.17) is 4.74 Å². The SMILES string of the molecule is O=C(C[NH+]1CCOCC1)N1NC(c2c(-c3ccccc3)c3cc(Br)ccc3[nH]c2=O)=CC1c1ccccc1. The van der Waals surface area contributed by atoms with Gasteiger partial charge in [-0.1, -0.05) is 76.6 Å². The number of nitrogens with zero attached hydrogens (tertiary/aromatic N) is 1. The zero-order chi connectivity index (χ0) is 26.1. The predicted octanol–water partition coefficient (Wildman–Crippen LogP) is 3.30. The quantitative estimate of drug-likeness (QED) is 0.343. The van der Waals surface area contributed by atoms with Crippen LogP contribution in [-0.4, -0.2) is 48.7 Å². The molecule has 1 amide bonds. The van der Waals surface area contributed by atoms with E-state index >= 15 is 0 Å². The lowest BCUT2D eigenvalue weighted by Crippen LogP contribution is -3.15. The Morgan fingerprint density at radius 2 is 1.68 bits per heavy atom. The fourth-order valence-electron chi connectivity index (χ4n) is 5.28. The Bertz CT molecular complexity index is 1560. The van der Waals surface area contributed by atoms with Crippen molar-refractivity contribution in [1.82, 2.24) is 15.4 Å². The minimum absolute atomic E-state index is 0.0248. The van der Waals surface area contributed by atoms with Crippen molar-refractivity contribution < 1.29 is 14.4 Å². The molecule has 2 aliphatic heterocycles. The van der Waals surface area contributed by atoms with Gasteiger partial charge in [-0.2, -0.15) is 0 Å². The molecule has 1 atom stereocenters. The number of aromatic nitrogens is 1. The summed E-state index contributed by atoms with van der Waals surface area (Å²) in [5.41, 5.74) is 7.74. The maximum Gasteiger partial charge on any atom is 0.296 e. The summed E-state index contributed by atoms with van der Waals surface area (Å²) < 4.78 is 6.39. The summed E-state index contributed by atoms with van der Waals surface area (Å²) in [7, 11) is 0. The third-order valence-corrected chi connectivity index (χ3v) is 7.66. The molecule has 2 aliphatic rings. The monoisotopic (exact) mass is 571 g/mol. The number of benzene rings is 3. The predicted molar refractivity (Wildman–Crippen MR) is 151 cm³/mol. The number of pyridine rings is 1. The highest BCUT2D eigenvalue weighted by molar-refractivity contribution is 9.10. The number of hydrazine groups is 1. The van der Waals surface area contributed by atoms with Gasteiger partial charge in [0.05, 0.1) is 30.5 Å². The molecule has 3 heterocycles. The molecule has 1 fully saturated rings. The first kappa shape index (κ1) is 24.6. The highest BCUT2D eigenvalue weighted by atomic mass is 79.9. The summed E-state index contributed by atoms with van der Waals surface area (Å²) in [4.78, 5) is 31.6. The first-order valence-electron chi connectivity index (χ1n) is 12.8. The zero-order valence-corrected chi connectivity index (χ0v) is 22.3. The van der Waals surface area contributed by atoms with Crippen LogP contribution in [0.25, 0.3) is 27.7 Å². The van der Waals surface area contributed by atoms with Crippen LogP contribution < -0.4 is 15.9 Å². The van der Waals surface area contributed by atoms with Gasteiger partial charge in [0.1, 0.15) is 13.1 Å². The maximum atomic E-state index is 13.7. The van der Waals surface area contributed by atoms with Gasteiger partial charge in [-0.25, -0.2) is 5.01 Å². The molecule has 0 saturated carbocycles. The number of quaternary nitrogens is 1. The fraction of sp³-hybridized carbons (Fsp3) is 0.200. The number of hydrogen-bond acceptors (Lipinski definition) is 4. The highest BCUT2D eigenvalue weighted by Gasteiger charge is 2.35. The van der Waals surface area contributed by atoms with E-state index in [0.717, 1.165) is 45.2 Å². The van der Waals surface area contributed by atoms with Gasteiger partial charge < -0.3 is 14.6 Å². The summed E-state index contributed by atoms with van der Waals surface area (Å²) in [5, 5.41) is 2.59. The second kappa shape index (κ2) is 10.6. The fourth-order valence-corrected chi connectivity index (χ4v) is 5.65. The molecular weight excluding hydrogens is 544 g/mol. The van der Waals surface area contributed by atoms with E-state index in [1.165, 1.54) is 4.90 Å². The highest BCUT2D eigenvalue weighted by Crippen LogP contribution is 2.37. The van der Waals surface area contributed by atoms with Crippen molar-refractivity contribution in [1.29, 1.82) is 0 Å². The van der Waals surface area contributed by atoms with Gasteiger partial charge in [0.15, 0.2) is 6.54 Å². The summed E-state index contributed by atoms with van der Waals surface area (Å²) in [5.74, 6) is -0.0248. The van der Waals surface area contributed by atoms with Crippen molar-refractivity contribution in [3.05, 3.63) is 111 Å². The molecule has 4 aromatic rings. The van der Waals surface area contributed by atoms with Crippen LogP contribution >= 0.6 is 15.9 Å². The van der Waals surface area contributed by atoms with Crippen molar-refractivity contribution in [3.8, 4) is 11.1 Å². The number of rotatable bonds is 5. The number of fused-ring (bicyclic) bond motifs is 1. The van der Waals surface area contributed by atoms with Crippen LogP contribution in [-0.2, 0) is 9.53 Å². The molecule has 38 heavy (non-hydrogen) atoms. The number of hydrogen-bond donors (Lipinski definition) is 3. The van der Waals surface area contributed by atoms with Crippen LogP contribution in [0.2, 0.25) is 0 Å². The van der Waals surface area contributed by atoms with E-state index in [-0.39, 0.29) is 17.5 Å². The Morgan fingerprint density at radius 1 is 0.974 bits per heavy atom. The number of carbonyl (C=O) groups is 1. The van der Waals surface area contributed by atoms with Gasteiger partial charge in [0.2, 0.25) is 0 Å². The van der Waals surface area contributed by atoms with Gasteiger partial charge in [-0.05, 0) is 35.4 Å². The molecular formula is C30H28BrN4O3+. The molecule has 3 N–H and O–H groups in total. The molecule has 1 unspecified atom stereocenters. The molecule has 7 nitrogen and oxygen atoms in total. The standard InChI is InChI=1S/C30H27BrN4O3/c31-22-11-12-24-23(17-22)28(21-9-5-2-6-10-21)29(30(37)32-24)25-18-26(20-7-3-1-4-8-20)35(33-25)27(36)19-34-13-15-38-16-14-34/h1-12,17-18,26,33H,13-16,19H2,(H,32,37)/p+1. The average molecular weight is 572 g/mol. The van der Waals surface area contributed by atoms with Crippen molar-refractivity contribution in [3.63, 3.8) is 0 Å². The van der Waals surface area contributed by atoms with Crippen LogP contribution in [0, 0.1) is 0 Å². The average Bonchev–Trinajstić information content (AvgIpc) is 3.39. The van der Waals surface area contributed by atoms with Crippen molar-refractivity contribution in [2.75, 3.05) is 32.8 Å². The van der Waals surface area contributed by atoms with Gasteiger partial charge in [0.25, 0.3) is 11.5 Å². The lowest BCUT2D eigenvalue weighted by atomic mass is 9.94. The molecule has 0 spiro atoms. The third-order valence-electron chi connectivity index (χ3n) is 7.16. The summed E-state index contributed by atoms with van der Waals surface area (Å²) in [6.07, 6.45) is 1.99. The van der Waals surface area contributed by atoms with Gasteiger partial charge in [-0.15, -0.1) is 0 Å². The lowest BCUT2D eigenvalue weighted by molar-refractivity contribution is -0.900. The van der Waals surface area contributed by atoms with E-state index in [9.17, 15) is 9.59 Å².